The zero-order valence-electron chi connectivity index (χ0n) is 17.2. The Balaban J connectivity index is 1.58. The fraction of sp³-hybridized carbons (Fsp3) is 0.435. The number of nitrogens with zero attached hydrogens (tertiary/aromatic N) is 5. The Hall–Kier alpha value is -2.73. The zero-order chi connectivity index (χ0) is 20.1. The molecule has 6 heteroatoms. The molecule has 5 rings (SSSR count). The van der Waals surface area contributed by atoms with Crippen LogP contribution < -0.4 is 4.90 Å². The summed E-state index contributed by atoms with van der Waals surface area (Å²) in [5.41, 5.74) is 3.98. The second-order valence-corrected chi connectivity index (χ2v) is 8.58. The van der Waals surface area contributed by atoms with Crippen LogP contribution in [0.4, 0.5) is 5.69 Å². The van der Waals surface area contributed by atoms with Gasteiger partial charge in [-0.25, -0.2) is 4.90 Å². The highest BCUT2D eigenvalue weighted by molar-refractivity contribution is 6.00. The van der Waals surface area contributed by atoms with Crippen molar-refractivity contribution in [3.8, 4) is 0 Å². The lowest BCUT2D eigenvalue weighted by Gasteiger charge is -2.41. The molecule has 2 unspecified atom stereocenters. The number of carbonyl (C=O) groups excluding carboxylic acids is 1. The first-order valence-corrected chi connectivity index (χ1v) is 10.5. The van der Waals surface area contributed by atoms with Crippen LogP contribution in [-0.2, 0) is 4.79 Å². The summed E-state index contributed by atoms with van der Waals surface area (Å²) < 4.78 is 0. The summed E-state index contributed by atoms with van der Waals surface area (Å²) in [6.07, 6.45) is 3.01. The van der Waals surface area contributed by atoms with Crippen LogP contribution in [0.5, 0.6) is 0 Å². The third-order valence-electron chi connectivity index (χ3n) is 6.23. The molecule has 150 valence electrons. The maximum Gasteiger partial charge on any atom is 0.246 e. The van der Waals surface area contributed by atoms with E-state index in [0.717, 1.165) is 36.0 Å². The molecule has 0 bridgehead atoms. The first-order chi connectivity index (χ1) is 14.0. The monoisotopic (exact) mass is 389 g/mol. The van der Waals surface area contributed by atoms with Gasteiger partial charge in [0.25, 0.3) is 0 Å². The molecule has 1 amide bonds. The van der Waals surface area contributed by atoms with E-state index < -0.39 is 0 Å². The smallest absolute Gasteiger partial charge is 0.246 e. The molecule has 3 aromatic rings. The van der Waals surface area contributed by atoms with Crippen LogP contribution in [0.1, 0.15) is 44.8 Å². The van der Waals surface area contributed by atoms with E-state index in [-0.39, 0.29) is 30.2 Å². The van der Waals surface area contributed by atoms with Gasteiger partial charge in [-0.15, -0.1) is 0 Å². The molecule has 2 aliphatic rings. The highest BCUT2D eigenvalue weighted by Crippen LogP contribution is 2.42. The van der Waals surface area contributed by atoms with Gasteiger partial charge in [0.15, 0.2) is 0 Å². The van der Waals surface area contributed by atoms with E-state index in [4.69, 9.17) is 10.2 Å². The molecule has 2 saturated heterocycles. The van der Waals surface area contributed by atoms with Gasteiger partial charge in [0.05, 0.1) is 12.2 Å². The summed E-state index contributed by atoms with van der Waals surface area (Å²) in [7, 11) is 0. The number of hydrogen-bond donors (Lipinski definition) is 0. The number of aryl methyl sites for hydroxylation is 1. The summed E-state index contributed by atoms with van der Waals surface area (Å²) in [4.78, 5) is 19.8. The average molecular weight is 390 g/mol. The number of carbonyl (C=O) groups is 1. The summed E-state index contributed by atoms with van der Waals surface area (Å²) in [5, 5.41) is 9.52. The predicted molar refractivity (Wildman–Crippen MR) is 113 cm³/mol. The first-order valence-electron chi connectivity index (χ1n) is 10.5. The minimum atomic E-state index is -0.166. The molecule has 2 aliphatic heterocycles. The van der Waals surface area contributed by atoms with Gasteiger partial charge >= 0.3 is 0 Å². The molecular weight excluding hydrogens is 362 g/mol. The number of benzene rings is 2. The van der Waals surface area contributed by atoms with Gasteiger partial charge in [0.1, 0.15) is 17.2 Å². The second kappa shape index (κ2) is 6.95. The van der Waals surface area contributed by atoms with E-state index in [9.17, 15) is 4.79 Å². The number of amides is 1. The van der Waals surface area contributed by atoms with E-state index in [2.05, 4.69) is 49.9 Å². The molecule has 3 heterocycles. The van der Waals surface area contributed by atoms with Crippen molar-refractivity contribution in [3.05, 3.63) is 54.1 Å². The Bertz CT molecular complexity index is 1010. The fourth-order valence-electron chi connectivity index (χ4n) is 4.91. The fourth-order valence-corrected chi connectivity index (χ4v) is 4.91. The summed E-state index contributed by atoms with van der Waals surface area (Å²) in [5.74, 6) is 0.406. The van der Waals surface area contributed by atoms with Crippen LogP contribution in [0.3, 0.4) is 0 Å². The van der Waals surface area contributed by atoms with Crippen LogP contribution in [0.2, 0.25) is 0 Å². The van der Waals surface area contributed by atoms with E-state index in [1.807, 2.05) is 34.0 Å². The molecular formula is C23H27N5O. The topological polar surface area (TPSA) is 54.3 Å². The van der Waals surface area contributed by atoms with Gasteiger partial charge in [-0.1, -0.05) is 43.7 Å². The van der Waals surface area contributed by atoms with Crippen molar-refractivity contribution < 1.29 is 4.79 Å². The third-order valence-corrected chi connectivity index (χ3v) is 6.23. The van der Waals surface area contributed by atoms with Crippen LogP contribution in [-0.4, -0.2) is 38.0 Å². The predicted octanol–water partition coefficient (Wildman–Crippen LogP) is 4.12. The van der Waals surface area contributed by atoms with Crippen molar-refractivity contribution in [1.82, 2.24) is 19.9 Å². The highest BCUT2D eigenvalue weighted by Gasteiger charge is 2.52. The maximum atomic E-state index is 13.6. The summed E-state index contributed by atoms with van der Waals surface area (Å²) in [6.45, 7) is 6.34. The number of anilines is 1. The van der Waals surface area contributed by atoms with Gasteiger partial charge < -0.3 is 0 Å². The van der Waals surface area contributed by atoms with Crippen LogP contribution in [0.15, 0.2) is 48.5 Å². The average Bonchev–Trinajstić information content (AvgIpc) is 3.27. The van der Waals surface area contributed by atoms with Gasteiger partial charge in [-0.05, 0) is 56.4 Å². The molecule has 0 radical (unpaired) electrons. The zero-order valence-corrected chi connectivity index (χ0v) is 17.2. The van der Waals surface area contributed by atoms with E-state index in [1.54, 1.807) is 0 Å². The number of rotatable bonds is 3. The van der Waals surface area contributed by atoms with E-state index in [1.165, 1.54) is 5.56 Å². The van der Waals surface area contributed by atoms with Gasteiger partial charge in [-0.3, -0.25) is 9.69 Å². The van der Waals surface area contributed by atoms with Crippen LogP contribution in [0.25, 0.3) is 11.0 Å². The molecule has 1 aromatic heterocycles. The van der Waals surface area contributed by atoms with Crippen molar-refractivity contribution in [3.63, 3.8) is 0 Å². The van der Waals surface area contributed by atoms with Gasteiger partial charge in [-0.2, -0.15) is 15.0 Å². The molecule has 2 aromatic carbocycles. The third kappa shape index (κ3) is 2.94. The lowest BCUT2D eigenvalue weighted by Crippen LogP contribution is -2.49. The lowest BCUT2D eigenvalue weighted by atomic mass is 9.99. The van der Waals surface area contributed by atoms with Crippen molar-refractivity contribution in [2.24, 2.45) is 5.92 Å². The van der Waals surface area contributed by atoms with Crippen molar-refractivity contribution >= 4 is 22.6 Å². The Morgan fingerprint density at radius 1 is 0.931 bits per heavy atom. The van der Waals surface area contributed by atoms with E-state index in [0.29, 0.717) is 0 Å². The molecule has 0 saturated carbocycles. The number of aromatic nitrogens is 3. The number of hydrogen-bond acceptors (Lipinski definition) is 4. The van der Waals surface area contributed by atoms with E-state index >= 15 is 0 Å². The molecule has 0 spiro atoms. The Kier molecular flexibility index (Phi) is 4.39. The standard InChI is InChI=1S/C23H27N5O/c1-15(2)22-23(29)26(17-13-11-16(3)12-14-17)20-9-6-10-21(27(20)22)28-24-18-7-4-5-8-19(18)25-28/h4-5,7-8,11-15,20-22H,6,9-10H2,1-3H3/t20?,21?,22-/m0/s1. The lowest BCUT2D eigenvalue weighted by molar-refractivity contribution is -0.122. The molecule has 3 atom stereocenters. The normalized spacial score (nSPS) is 25.2. The Morgan fingerprint density at radius 3 is 2.17 bits per heavy atom. The van der Waals surface area contributed by atoms with Crippen molar-refractivity contribution in [1.29, 1.82) is 0 Å². The van der Waals surface area contributed by atoms with Gasteiger partial charge in [0.2, 0.25) is 5.91 Å². The van der Waals surface area contributed by atoms with Crippen LogP contribution in [0, 0.1) is 12.8 Å². The molecule has 0 aliphatic carbocycles. The second-order valence-electron chi connectivity index (χ2n) is 8.58. The molecule has 6 nitrogen and oxygen atoms in total. The Labute approximate surface area is 171 Å². The number of fused-ring (bicyclic) bond motifs is 2. The van der Waals surface area contributed by atoms with Crippen molar-refractivity contribution in [2.45, 2.75) is 58.4 Å². The minimum Gasteiger partial charge on any atom is -0.295 e. The van der Waals surface area contributed by atoms with Crippen molar-refractivity contribution in [2.75, 3.05) is 4.90 Å². The molecule has 2 fully saturated rings. The Morgan fingerprint density at radius 2 is 1.55 bits per heavy atom. The SMILES string of the molecule is Cc1ccc(N2C(=O)[C@H](C(C)C)N3C2CCCC3n2nc3ccccc3n2)cc1. The summed E-state index contributed by atoms with van der Waals surface area (Å²) in [6, 6.07) is 16.1. The maximum absolute atomic E-state index is 13.6. The number of piperidine rings is 1. The van der Waals surface area contributed by atoms with Gasteiger partial charge in [0, 0.05) is 5.69 Å². The molecule has 0 N–H and O–H groups in total. The molecule has 29 heavy (non-hydrogen) atoms. The minimum absolute atomic E-state index is 0.00653. The largest absolute Gasteiger partial charge is 0.295 e. The quantitative estimate of drug-likeness (QED) is 0.676. The first kappa shape index (κ1) is 18.3. The summed E-state index contributed by atoms with van der Waals surface area (Å²) >= 11 is 0. The highest BCUT2D eigenvalue weighted by atomic mass is 16.2. The van der Waals surface area contributed by atoms with Crippen LogP contribution >= 0.6 is 0 Å².